The SMILES string of the molecule is CCCCCCCCCCCCCCCCCCCCCCCCC/C=C/C(O)C(CO)NC(=O)CCCCCCCCCCCOC(=O)CCCCCCCCCCCCCCCCCCCC. The van der Waals surface area contributed by atoms with E-state index in [0.717, 1.165) is 57.8 Å². The average molecular weight is 975 g/mol. The van der Waals surface area contributed by atoms with Gasteiger partial charge in [-0.25, -0.2) is 0 Å². The normalized spacial score (nSPS) is 12.6. The topological polar surface area (TPSA) is 95.9 Å². The van der Waals surface area contributed by atoms with Crippen LogP contribution in [-0.4, -0.2) is 47.4 Å². The van der Waals surface area contributed by atoms with Gasteiger partial charge in [0.1, 0.15) is 0 Å². The minimum atomic E-state index is -0.862. The molecule has 0 rings (SSSR count). The lowest BCUT2D eigenvalue weighted by Crippen LogP contribution is -2.45. The Morgan fingerprint density at radius 1 is 0.391 bits per heavy atom. The van der Waals surface area contributed by atoms with Crippen molar-refractivity contribution < 1.29 is 24.5 Å². The molecule has 2 atom stereocenters. The first-order chi connectivity index (χ1) is 34.0. The van der Waals surface area contributed by atoms with E-state index in [1.165, 1.54) is 270 Å². The van der Waals surface area contributed by atoms with Crippen molar-refractivity contribution >= 4 is 11.9 Å². The van der Waals surface area contributed by atoms with E-state index in [2.05, 4.69) is 19.2 Å². The molecule has 0 fully saturated rings. The fourth-order valence-electron chi connectivity index (χ4n) is 9.99. The number of hydrogen-bond donors (Lipinski definition) is 3. The number of esters is 1. The first kappa shape index (κ1) is 67.6. The van der Waals surface area contributed by atoms with E-state index < -0.39 is 12.1 Å². The number of amides is 1. The van der Waals surface area contributed by atoms with Crippen molar-refractivity contribution in [2.24, 2.45) is 0 Å². The maximum absolute atomic E-state index is 12.5. The van der Waals surface area contributed by atoms with Gasteiger partial charge in [-0.15, -0.1) is 0 Å². The summed E-state index contributed by atoms with van der Waals surface area (Å²) in [4.78, 5) is 24.6. The molecular weight excluding hydrogens is 851 g/mol. The number of aliphatic hydroxyl groups excluding tert-OH is 2. The summed E-state index contributed by atoms with van der Waals surface area (Å²) in [7, 11) is 0. The van der Waals surface area contributed by atoms with E-state index in [-0.39, 0.29) is 18.5 Å². The maximum atomic E-state index is 12.5. The number of carbonyl (C=O) groups excluding carboxylic acids is 2. The summed E-state index contributed by atoms with van der Waals surface area (Å²) >= 11 is 0. The first-order valence-electron chi connectivity index (χ1n) is 31.5. The quantitative estimate of drug-likeness (QED) is 0.0321. The molecule has 0 aromatic heterocycles. The van der Waals surface area contributed by atoms with Gasteiger partial charge in [0.15, 0.2) is 0 Å². The molecular formula is C63H123NO5. The van der Waals surface area contributed by atoms with E-state index in [4.69, 9.17) is 4.74 Å². The Kier molecular flexibility index (Phi) is 58.0. The fraction of sp³-hybridized carbons (Fsp3) is 0.937. The minimum absolute atomic E-state index is 0.0214. The van der Waals surface area contributed by atoms with Crippen LogP contribution in [-0.2, 0) is 14.3 Å². The van der Waals surface area contributed by atoms with E-state index in [9.17, 15) is 19.8 Å². The van der Waals surface area contributed by atoms with Crippen molar-refractivity contribution in [3.63, 3.8) is 0 Å². The Balaban J connectivity index is 3.47. The molecule has 0 aliphatic rings. The highest BCUT2D eigenvalue weighted by molar-refractivity contribution is 5.76. The zero-order valence-electron chi connectivity index (χ0n) is 46.8. The third-order valence-corrected chi connectivity index (χ3v) is 14.8. The van der Waals surface area contributed by atoms with E-state index in [0.29, 0.717) is 19.4 Å². The molecule has 0 aliphatic heterocycles. The van der Waals surface area contributed by atoms with Crippen LogP contribution in [0.2, 0.25) is 0 Å². The van der Waals surface area contributed by atoms with Crippen LogP contribution in [0.4, 0.5) is 0 Å². The van der Waals surface area contributed by atoms with Crippen LogP contribution in [0.25, 0.3) is 0 Å². The van der Waals surface area contributed by atoms with Gasteiger partial charge in [0.25, 0.3) is 0 Å². The predicted octanol–water partition coefficient (Wildman–Crippen LogP) is 19.6. The number of ether oxygens (including phenoxy) is 1. The Morgan fingerprint density at radius 2 is 0.667 bits per heavy atom. The molecule has 6 heteroatoms. The minimum Gasteiger partial charge on any atom is -0.466 e. The Morgan fingerprint density at radius 3 is 0.986 bits per heavy atom. The lowest BCUT2D eigenvalue weighted by molar-refractivity contribution is -0.143. The fourth-order valence-corrected chi connectivity index (χ4v) is 9.99. The highest BCUT2D eigenvalue weighted by atomic mass is 16.5. The third kappa shape index (κ3) is 55.8. The predicted molar refractivity (Wildman–Crippen MR) is 301 cm³/mol. The highest BCUT2D eigenvalue weighted by Gasteiger charge is 2.18. The smallest absolute Gasteiger partial charge is 0.305 e. The number of rotatable bonds is 59. The van der Waals surface area contributed by atoms with E-state index >= 15 is 0 Å². The molecule has 2 unspecified atom stereocenters. The van der Waals surface area contributed by atoms with Crippen LogP contribution in [0.5, 0.6) is 0 Å². The van der Waals surface area contributed by atoms with E-state index in [1.807, 2.05) is 6.08 Å². The van der Waals surface area contributed by atoms with Crippen LogP contribution in [0.3, 0.4) is 0 Å². The summed E-state index contributed by atoms with van der Waals surface area (Å²) in [6.07, 6.45) is 71.1. The summed E-state index contributed by atoms with van der Waals surface area (Å²) in [6.45, 7) is 4.88. The summed E-state index contributed by atoms with van der Waals surface area (Å²) in [6, 6.07) is -0.648. The molecule has 3 N–H and O–H groups in total. The van der Waals surface area contributed by atoms with Gasteiger partial charge in [0.05, 0.1) is 25.4 Å². The number of nitrogens with one attached hydrogen (secondary N) is 1. The van der Waals surface area contributed by atoms with E-state index in [1.54, 1.807) is 6.08 Å². The number of hydrogen-bond acceptors (Lipinski definition) is 5. The van der Waals surface area contributed by atoms with Crippen molar-refractivity contribution in [2.45, 2.75) is 366 Å². The van der Waals surface area contributed by atoms with Crippen LogP contribution < -0.4 is 5.32 Å². The summed E-state index contributed by atoms with van der Waals surface area (Å²) < 4.78 is 5.48. The number of allylic oxidation sites excluding steroid dienone is 1. The lowest BCUT2D eigenvalue weighted by atomic mass is 10.0. The zero-order valence-corrected chi connectivity index (χ0v) is 46.8. The largest absolute Gasteiger partial charge is 0.466 e. The average Bonchev–Trinajstić information content (AvgIpc) is 3.35. The van der Waals surface area contributed by atoms with Crippen LogP contribution in [0.1, 0.15) is 354 Å². The van der Waals surface area contributed by atoms with Gasteiger partial charge in [-0.05, 0) is 32.1 Å². The van der Waals surface area contributed by atoms with Gasteiger partial charge in [-0.2, -0.15) is 0 Å². The number of unbranched alkanes of at least 4 members (excludes halogenated alkanes) is 48. The van der Waals surface area contributed by atoms with Crippen molar-refractivity contribution in [3.8, 4) is 0 Å². The molecule has 0 saturated carbocycles. The van der Waals surface area contributed by atoms with Crippen molar-refractivity contribution in [2.75, 3.05) is 13.2 Å². The summed E-state index contributed by atoms with van der Waals surface area (Å²) in [5.74, 6) is -0.112. The molecule has 1 amide bonds. The molecule has 0 aliphatic carbocycles. The second kappa shape index (κ2) is 59.2. The van der Waals surface area contributed by atoms with Gasteiger partial charge in [0, 0.05) is 12.8 Å². The lowest BCUT2D eigenvalue weighted by Gasteiger charge is -2.20. The molecule has 0 bridgehead atoms. The molecule has 410 valence electrons. The van der Waals surface area contributed by atoms with Gasteiger partial charge >= 0.3 is 5.97 Å². The highest BCUT2D eigenvalue weighted by Crippen LogP contribution is 2.18. The Bertz CT molecular complexity index is 1030. The molecule has 0 spiro atoms. The molecule has 0 radical (unpaired) electrons. The zero-order chi connectivity index (χ0) is 50.0. The molecule has 69 heavy (non-hydrogen) atoms. The van der Waals surface area contributed by atoms with Gasteiger partial charge < -0.3 is 20.3 Å². The monoisotopic (exact) mass is 974 g/mol. The van der Waals surface area contributed by atoms with Gasteiger partial charge in [-0.3, -0.25) is 9.59 Å². The van der Waals surface area contributed by atoms with Gasteiger partial charge in [0.2, 0.25) is 5.91 Å². The first-order valence-corrected chi connectivity index (χ1v) is 31.5. The van der Waals surface area contributed by atoms with Crippen LogP contribution >= 0.6 is 0 Å². The van der Waals surface area contributed by atoms with Gasteiger partial charge in [-0.1, -0.05) is 321 Å². The molecule has 0 heterocycles. The molecule has 0 aromatic rings. The standard InChI is InChI=1S/C63H123NO5/c1-3-5-7-9-11-13-15-17-19-21-23-24-25-26-27-28-29-30-32-34-36-39-43-47-51-55-61(66)60(59-65)64-62(67)56-52-48-44-40-38-42-46-50-54-58-69-63(68)57-53-49-45-41-37-35-33-31-22-20-18-16-14-12-10-8-6-4-2/h51,55,60-61,65-66H,3-50,52-54,56-59H2,1-2H3,(H,64,67)/b55-51+. The van der Waals surface area contributed by atoms with Crippen LogP contribution in [0, 0.1) is 0 Å². The molecule has 0 aromatic carbocycles. The van der Waals surface area contributed by atoms with Crippen molar-refractivity contribution in [1.82, 2.24) is 5.32 Å². The number of aliphatic hydroxyl groups is 2. The van der Waals surface area contributed by atoms with Crippen LogP contribution in [0.15, 0.2) is 12.2 Å². The summed E-state index contributed by atoms with van der Waals surface area (Å²) in [5.41, 5.74) is 0. The second-order valence-corrected chi connectivity index (χ2v) is 21.8. The third-order valence-electron chi connectivity index (χ3n) is 14.8. The molecule has 0 saturated heterocycles. The molecule has 6 nitrogen and oxygen atoms in total. The van der Waals surface area contributed by atoms with Crippen molar-refractivity contribution in [3.05, 3.63) is 12.2 Å². The Hall–Kier alpha value is -1.40. The second-order valence-electron chi connectivity index (χ2n) is 21.8. The Labute approximate surface area is 431 Å². The number of carbonyl (C=O) groups is 2. The summed E-state index contributed by atoms with van der Waals surface area (Å²) in [5, 5.41) is 23.2. The van der Waals surface area contributed by atoms with Crippen molar-refractivity contribution in [1.29, 1.82) is 0 Å². The maximum Gasteiger partial charge on any atom is 0.305 e.